The van der Waals surface area contributed by atoms with E-state index in [1.807, 2.05) is 42.3 Å². The number of nitrogens with zero attached hydrogens (tertiary/aromatic N) is 5. The van der Waals surface area contributed by atoms with Gasteiger partial charge in [-0.25, -0.2) is 0 Å². The van der Waals surface area contributed by atoms with Crippen molar-refractivity contribution in [1.29, 1.82) is 0 Å². The molecule has 0 radical (unpaired) electrons. The number of piperazine rings is 1. The number of nitrogens with two attached hydrogens (primary N) is 1. The number of hydrogen-bond donors (Lipinski definition) is 2. The van der Waals surface area contributed by atoms with Gasteiger partial charge < -0.3 is 25.6 Å². The lowest BCUT2D eigenvalue weighted by atomic mass is 10.1. The van der Waals surface area contributed by atoms with Crippen LogP contribution in [0.2, 0.25) is 0 Å². The molecular formula is C25H33N7O3. The van der Waals surface area contributed by atoms with E-state index in [9.17, 15) is 9.59 Å². The second kappa shape index (κ2) is 10.5. The molecule has 3 N–H and O–H groups in total. The smallest absolute Gasteiger partial charge is 0.257 e. The molecule has 2 aromatic heterocycles. The van der Waals surface area contributed by atoms with Gasteiger partial charge in [-0.3, -0.25) is 14.0 Å². The highest BCUT2D eigenvalue weighted by Gasteiger charge is 2.29. The molecule has 10 heteroatoms. The topological polar surface area (TPSA) is 118 Å². The molecule has 10 nitrogen and oxygen atoms in total. The second-order valence-electron chi connectivity index (χ2n) is 9.52. The molecule has 0 bridgehead atoms. The van der Waals surface area contributed by atoms with Gasteiger partial charge in [-0.15, -0.1) is 10.2 Å². The van der Waals surface area contributed by atoms with E-state index < -0.39 is 11.6 Å². The molecule has 0 aliphatic carbocycles. The van der Waals surface area contributed by atoms with Crippen LogP contribution in [0.25, 0.3) is 5.65 Å². The van der Waals surface area contributed by atoms with Crippen LogP contribution in [0.1, 0.15) is 41.6 Å². The van der Waals surface area contributed by atoms with Gasteiger partial charge in [0.15, 0.2) is 11.5 Å². The van der Waals surface area contributed by atoms with E-state index in [0.29, 0.717) is 36.7 Å². The van der Waals surface area contributed by atoms with Crippen molar-refractivity contribution in [2.45, 2.75) is 32.0 Å². The normalized spacial score (nSPS) is 15.8. The molecular weight excluding hydrogens is 446 g/mol. The molecule has 1 saturated heterocycles. The quantitative estimate of drug-likeness (QED) is 0.499. The van der Waals surface area contributed by atoms with Crippen molar-refractivity contribution in [2.75, 3.05) is 39.8 Å². The number of amides is 2. The lowest BCUT2D eigenvalue weighted by Gasteiger charge is -2.32. The minimum Gasteiger partial charge on any atom is -0.374 e. The highest BCUT2D eigenvalue weighted by Crippen LogP contribution is 2.19. The first-order valence-corrected chi connectivity index (χ1v) is 11.8. The van der Waals surface area contributed by atoms with E-state index >= 15 is 0 Å². The zero-order chi connectivity index (χ0) is 25.0. The van der Waals surface area contributed by atoms with E-state index in [1.165, 1.54) is 0 Å². The first-order chi connectivity index (χ1) is 16.7. The van der Waals surface area contributed by atoms with Crippen LogP contribution in [0.5, 0.6) is 0 Å². The summed E-state index contributed by atoms with van der Waals surface area (Å²) in [5.74, 6) is 0.0533. The van der Waals surface area contributed by atoms with Gasteiger partial charge in [-0.1, -0.05) is 30.3 Å². The van der Waals surface area contributed by atoms with E-state index in [0.717, 1.165) is 18.7 Å². The molecule has 2 amide bonds. The third-order valence-electron chi connectivity index (χ3n) is 6.08. The minimum atomic E-state index is -1.08. The van der Waals surface area contributed by atoms with Crippen LogP contribution in [0.3, 0.4) is 0 Å². The van der Waals surface area contributed by atoms with Gasteiger partial charge in [0.25, 0.3) is 5.91 Å². The van der Waals surface area contributed by atoms with E-state index in [1.54, 1.807) is 36.6 Å². The van der Waals surface area contributed by atoms with Crippen LogP contribution in [-0.2, 0) is 16.1 Å². The molecule has 1 aliphatic heterocycles. The molecule has 1 atom stereocenters. The highest BCUT2D eigenvalue weighted by molar-refractivity contribution is 5.99. The Hall–Kier alpha value is -3.34. The molecule has 1 aliphatic rings. The fourth-order valence-corrected chi connectivity index (χ4v) is 3.91. The predicted molar refractivity (Wildman–Crippen MR) is 132 cm³/mol. The van der Waals surface area contributed by atoms with Gasteiger partial charge in [0.1, 0.15) is 6.04 Å². The average molecular weight is 480 g/mol. The van der Waals surface area contributed by atoms with Gasteiger partial charge in [0.2, 0.25) is 5.91 Å². The summed E-state index contributed by atoms with van der Waals surface area (Å²) in [6.45, 7) is 6.79. The maximum atomic E-state index is 13.3. The summed E-state index contributed by atoms with van der Waals surface area (Å²) < 4.78 is 7.67. The molecule has 3 aromatic rings. The molecule has 1 fully saturated rings. The lowest BCUT2D eigenvalue weighted by molar-refractivity contribution is -0.126. The third kappa shape index (κ3) is 5.84. The molecule has 0 unspecified atom stereocenters. The average Bonchev–Trinajstić information content (AvgIpc) is 3.28. The summed E-state index contributed by atoms with van der Waals surface area (Å²) in [7, 11) is 2.05. The second-order valence-corrected chi connectivity index (χ2v) is 9.52. The Labute approximate surface area is 205 Å². The fraction of sp³-hybridized carbons (Fsp3) is 0.440. The summed E-state index contributed by atoms with van der Waals surface area (Å²) in [6, 6.07) is 12.7. The van der Waals surface area contributed by atoms with Crippen molar-refractivity contribution in [3.05, 3.63) is 65.6 Å². The molecule has 0 saturated carbocycles. The Balaban J connectivity index is 1.59. The number of carbonyl (C=O) groups is 2. The fourth-order valence-electron chi connectivity index (χ4n) is 3.91. The largest absolute Gasteiger partial charge is 0.374 e. The van der Waals surface area contributed by atoms with Gasteiger partial charge >= 0.3 is 0 Å². The number of fused-ring (bicyclic) bond motifs is 1. The van der Waals surface area contributed by atoms with Crippen LogP contribution in [0, 0.1) is 0 Å². The first kappa shape index (κ1) is 24.8. The minimum absolute atomic E-state index is 0.0772. The summed E-state index contributed by atoms with van der Waals surface area (Å²) in [5.41, 5.74) is 6.88. The van der Waals surface area contributed by atoms with Crippen LogP contribution in [0.15, 0.2) is 48.7 Å². The van der Waals surface area contributed by atoms with Gasteiger partial charge in [-0.05, 0) is 38.6 Å². The summed E-state index contributed by atoms with van der Waals surface area (Å²) in [5, 5.41) is 11.6. The van der Waals surface area contributed by atoms with Crippen LogP contribution in [-0.4, -0.2) is 81.6 Å². The number of carbonyl (C=O) groups excluding carboxylic acids is 2. The molecule has 35 heavy (non-hydrogen) atoms. The summed E-state index contributed by atoms with van der Waals surface area (Å²) in [6.07, 6.45) is 1.79. The van der Waals surface area contributed by atoms with Crippen molar-refractivity contribution >= 4 is 17.5 Å². The number of hydrogen-bond acceptors (Lipinski definition) is 7. The number of nitrogens with one attached hydrogen (secondary N) is 1. The number of likely N-dealkylation sites (N-methyl/N-ethyl adjacent to an activating group) is 1. The van der Waals surface area contributed by atoms with E-state index in [2.05, 4.69) is 20.4 Å². The van der Waals surface area contributed by atoms with E-state index in [-0.39, 0.29) is 18.4 Å². The summed E-state index contributed by atoms with van der Waals surface area (Å²) >= 11 is 0. The number of ether oxygens (including phenoxy) is 1. The third-order valence-corrected chi connectivity index (χ3v) is 6.08. The first-order valence-electron chi connectivity index (χ1n) is 11.8. The number of pyridine rings is 1. The molecule has 4 rings (SSSR count). The highest BCUT2D eigenvalue weighted by atomic mass is 16.5. The molecule has 3 heterocycles. The zero-order valence-corrected chi connectivity index (χ0v) is 20.5. The number of aromatic nitrogens is 3. The summed E-state index contributed by atoms with van der Waals surface area (Å²) in [4.78, 5) is 30.0. The van der Waals surface area contributed by atoms with Crippen molar-refractivity contribution in [1.82, 2.24) is 29.7 Å². The Kier molecular flexibility index (Phi) is 7.44. The Bertz CT molecular complexity index is 1160. The lowest BCUT2D eigenvalue weighted by Crippen LogP contribution is -2.51. The van der Waals surface area contributed by atoms with Crippen molar-refractivity contribution in [3.63, 3.8) is 0 Å². The maximum absolute atomic E-state index is 13.3. The van der Waals surface area contributed by atoms with Gasteiger partial charge in [0, 0.05) is 32.4 Å². The van der Waals surface area contributed by atoms with Crippen LogP contribution < -0.4 is 11.1 Å². The van der Waals surface area contributed by atoms with E-state index in [4.69, 9.17) is 10.5 Å². The number of benzene rings is 1. The van der Waals surface area contributed by atoms with Gasteiger partial charge in [0.05, 0.1) is 24.3 Å². The van der Waals surface area contributed by atoms with Crippen molar-refractivity contribution < 1.29 is 14.3 Å². The molecule has 0 spiro atoms. The Morgan fingerprint density at radius 2 is 1.80 bits per heavy atom. The molecule has 186 valence electrons. The predicted octanol–water partition coefficient (Wildman–Crippen LogP) is 1.23. The standard InChI is InChI=1S/C25H33N7O3/c1-25(2,26)24(34)27-20(17-35-16-18-8-5-4-6-9-18)22-29-28-21-19(10-7-11-32(21)22)23(33)31-14-12-30(3)13-15-31/h4-11,20H,12-17,26H2,1-3H3,(H,27,34)/t20-/m1/s1. The van der Waals surface area contributed by atoms with Crippen LogP contribution in [0.4, 0.5) is 0 Å². The maximum Gasteiger partial charge on any atom is 0.257 e. The molecule has 1 aromatic carbocycles. The van der Waals surface area contributed by atoms with Crippen LogP contribution >= 0.6 is 0 Å². The zero-order valence-electron chi connectivity index (χ0n) is 20.5. The Morgan fingerprint density at radius 1 is 1.09 bits per heavy atom. The van der Waals surface area contributed by atoms with Crippen molar-refractivity contribution in [3.8, 4) is 0 Å². The Morgan fingerprint density at radius 3 is 2.49 bits per heavy atom. The number of rotatable bonds is 8. The van der Waals surface area contributed by atoms with Gasteiger partial charge in [-0.2, -0.15) is 0 Å². The monoisotopic (exact) mass is 479 g/mol. The SMILES string of the molecule is CN1CCN(C(=O)c2cccn3c([C@@H](COCc4ccccc4)NC(=O)C(C)(C)N)nnc23)CC1. The van der Waals surface area contributed by atoms with Crippen molar-refractivity contribution in [2.24, 2.45) is 5.73 Å².